The van der Waals surface area contributed by atoms with Crippen LogP contribution in [-0.4, -0.2) is 26.2 Å². The van der Waals surface area contributed by atoms with Gasteiger partial charge in [0, 0.05) is 37.9 Å². The first-order valence-corrected chi connectivity index (χ1v) is 7.22. The summed E-state index contributed by atoms with van der Waals surface area (Å²) in [5.41, 5.74) is 4.44. The maximum atomic E-state index is 11.9. The van der Waals surface area contributed by atoms with E-state index in [2.05, 4.69) is 30.4 Å². The van der Waals surface area contributed by atoms with Crippen LogP contribution in [0.1, 0.15) is 33.0 Å². The minimum Gasteiger partial charge on any atom is -0.346 e. The van der Waals surface area contributed by atoms with Gasteiger partial charge in [0.2, 0.25) is 0 Å². The van der Waals surface area contributed by atoms with E-state index >= 15 is 0 Å². The Hall–Kier alpha value is -1.86. The molecule has 0 atom stereocenters. The monoisotopic (exact) mass is 289 g/mol. The van der Waals surface area contributed by atoms with Crippen molar-refractivity contribution in [2.75, 3.05) is 6.54 Å². The molecular weight excluding hydrogens is 274 g/mol. The van der Waals surface area contributed by atoms with Crippen LogP contribution in [0.3, 0.4) is 0 Å². The van der Waals surface area contributed by atoms with Gasteiger partial charge in [0.25, 0.3) is 5.91 Å². The van der Waals surface area contributed by atoms with Crippen LogP contribution < -0.4 is 10.6 Å². The molecule has 1 amide bonds. The predicted molar refractivity (Wildman–Crippen MR) is 75.5 cm³/mol. The van der Waals surface area contributed by atoms with Crippen molar-refractivity contribution in [1.82, 2.24) is 24.4 Å². The lowest BCUT2D eigenvalue weighted by Crippen LogP contribution is -2.26. The second-order valence-corrected chi connectivity index (χ2v) is 5.29. The fourth-order valence-electron chi connectivity index (χ4n) is 2.20. The number of fused-ring (bicyclic) bond motifs is 1. The predicted octanol–water partition coefficient (Wildman–Crippen LogP) is 0.817. The molecule has 0 saturated heterocycles. The highest BCUT2D eigenvalue weighted by molar-refractivity contribution is 6.99. The van der Waals surface area contributed by atoms with Gasteiger partial charge in [-0.05, 0) is 24.1 Å². The van der Waals surface area contributed by atoms with E-state index in [1.54, 1.807) is 6.92 Å². The third-order valence-electron chi connectivity index (χ3n) is 3.29. The van der Waals surface area contributed by atoms with Gasteiger partial charge in [-0.15, -0.1) is 0 Å². The topological polar surface area (TPSA) is 79.8 Å². The minimum absolute atomic E-state index is 0.188. The third kappa shape index (κ3) is 2.68. The largest absolute Gasteiger partial charge is 0.346 e. The molecular formula is C13H15N5OS. The second kappa shape index (κ2) is 5.64. The molecule has 0 bridgehead atoms. The summed E-state index contributed by atoms with van der Waals surface area (Å²) in [5.74, 6) is -0.188. The zero-order valence-electron chi connectivity index (χ0n) is 11.1. The summed E-state index contributed by atoms with van der Waals surface area (Å²) in [5, 5.41) is 6.17. The van der Waals surface area contributed by atoms with Gasteiger partial charge >= 0.3 is 0 Å². The van der Waals surface area contributed by atoms with Gasteiger partial charge in [0.1, 0.15) is 0 Å². The van der Waals surface area contributed by atoms with Gasteiger partial charge in [-0.25, -0.2) is 0 Å². The molecule has 1 aliphatic rings. The summed E-state index contributed by atoms with van der Waals surface area (Å²) in [4.78, 5) is 16.4. The van der Waals surface area contributed by atoms with Crippen molar-refractivity contribution in [3.8, 4) is 0 Å². The van der Waals surface area contributed by atoms with Gasteiger partial charge in [-0.3, -0.25) is 9.78 Å². The first-order valence-electron chi connectivity index (χ1n) is 6.49. The first kappa shape index (κ1) is 13.1. The number of hydrogen-bond donors (Lipinski definition) is 2. The van der Waals surface area contributed by atoms with Crippen LogP contribution in [0.4, 0.5) is 0 Å². The van der Waals surface area contributed by atoms with E-state index in [-0.39, 0.29) is 5.91 Å². The molecule has 0 fully saturated rings. The minimum atomic E-state index is -0.188. The van der Waals surface area contributed by atoms with Crippen LogP contribution in [0.15, 0.2) is 12.3 Å². The van der Waals surface area contributed by atoms with E-state index < -0.39 is 0 Å². The lowest BCUT2D eigenvalue weighted by Gasteiger charge is -2.16. The summed E-state index contributed by atoms with van der Waals surface area (Å²) >= 11 is 1.05. The van der Waals surface area contributed by atoms with E-state index in [0.29, 0.717) is 17.9 Å². The second-order valence-electron chi connectivity index (χ2n) is 4.76. The van der Waals surface area contributed by atoms with E-state index in [0.717, 1.165) is 42.5 Å². The zero-order chi connectivity index (χ0) is 13.9. The molecule has 3 heterocycles. The Morgan fingerprint density at radius 1 is 1.50 bits per heavy atom. The Morgan fingerprint density at radius 2 is 2.40 bits per heavy atom. The number of carbonyl (C=O) groups excluding carboxylic acids is 1. The average molecular weight is 289 g/mol. The molecule has 0 radical (unpaired) electrons. The molecule has 0 aromatic carbocycles. The number of amides is 1. The number of hydrogen-bond acceptors (Lipinski definition) is 6. The van der Waals surface area contributed by atoms with Gasteiger partial charge in [-0.2, -0.15) is 8.75 Å². The first-order chi connectivity index (χ1) is 9.74. The summed E-state index contributed by atoms with van der Waals surface area (Å²) in [7, 11) is 0. The Labute approximate surface area is 121 Å². The molecule has 7 heteroatoms. The van der Waals surface area contributed by atoms with Crippen LogP contribution >= 0.6 is 11.7 Å². The molecule has 104 valence electrons. The maximum absolute atomic E-state index is 11.9. The number of aromatic nitrogens is 3. The van der Waals surface area contributed by atoms with Crippen LogP contribution in [0.25, 0.3) is 0 Å². The van der Waals surface area contributed by atoms with Crippen LogP contribution in [0, 0.1) is 6.92 Å². The van der Waals surface area contributed by atoms with Gasteiger partial charge in [-0.1, -0.05) is 0 Å². The Kier molecular flexibility index (Phi) is 3.70. The highest BCUT2D eigenvalue weighted by Gasteiger charge is 2.14. The number of aryl methyl sites for hydroxylation is 1. The van der Waals surface area contributed by atoms with Crippen molar-refractivity contribution in [1.29, 1.82) is 0 Å². The lowest BCUT2D eigenvalue weighted by atomic mass is 10.1. The van der Waals surface area contributed by atoms with E-state index in [4.69, 9.17) is 0 Å². The normalized spacial score (nSPS) is 13.8. The maximum Gasteiger partial charge on any atom is 0.273 e. The molecule has 0 saturated carbocycles. The fourth-order valence-corrected chi connectivity index (χ4v) is 2.74. The quantitative estimate of drug-likeness (QED) is 0.874. The van der Waals surface area contributed by atoms with Crippen molar-refractivity contribution < 1.29 is 4.79 Å². The highest BCUT2D eigenvalue weighted by atomic mass is 32.1. The number of nitrogens with zero attached hydrogens (tertiary/aromatic N) is 3. The molecule has 0 spiro atoms. The van der Waals surface area contributed by atoms with E-state index in [1.807, 2.05) is 6.20 Å². The molecule has 20 heavy (non-hydrogen) atoms. The third-order valence-corrected chi connectivity index (χ3v) is 3.91. The van der Waals surface area contributed by atoms with Crippen LogP contribution in [0.2, 0.25) is 0 Å². The Balaban J connectivity index is 1.67. The molecule has 0 aliphatic carbocycles. The standard InChI is InChI=1S/C13H15N5OS/c1-8-12(18-20-17-8)13(19)16-6-9-4-10-7-14-3-2-11(10)15-5-9/h4-5,14H,2-3,6-7H2,1H3,(H,16,19). The summed E-state index contributed by atoms with van der Waals surface area (Å²) in [6, 6.07) is 2.10. The van der Waals surface area contributed by atoms with Gasteiger partial charge < -0.3 is 10.6 Å². The number of carbonyl (C=O) groups is 1. The molecule has 1 aliphatic heterocycles. The molecule has 3 rings (SSSR count). The summed E-state index contributed by atoms with van der Waals surface area (Å²) < 4.78 is 7.99. The van der Waals surface area contributed by atoms with Gasteiger partial charge in [0.15, 0.2) is 5.69 Å². The number of rotatable bonds is 3. The van der Waals surface area contributed by atoms with Crippen molar-refractivity contribution >= 4 is 17.6 Å². The molecule has 2 aromatic rings. The highest BCUT2D eigenvalue weighted by Crippen LogP contribution is 2.13. The smallest absolute Gasteiger partial charge is 0.273 e. The van der Waals surface area contributed by atoms with Crippen molar-refractivity contribution in [3.63, 3.8) is 0 Å². The average Bonchev–Trinajstić information content (AvgIpc) is 2.91. The number of pyridine rings is 1. The van der Waals surface area contributed by atoms with Crippen molar-refractivity contribution in [2.24, 2.45) is 0 Å². The lowest BCUT2D eigenvalue weighted by molar-refractivity contribution is 0.0946. The van der Waals surface area contributed by atoms with Crippen molar-refractivity contribution in [2.45, 2.75) is 26.4 Å². The zero-order valence-corrected chi connectivity index (χ0v) is 12.0. The Morgan fingerprint density at radius 3 is 3.20 bits per heavy atom. The molecule has 2 N–H and O–H groups in total. The molecule has 6 nitrogen and oxygen atoms in total. The number of nitrogens with one attached hydrogen (secondary N) is 2. The molecule has 2 aromatic heterocycles. The SMILES string of the molecule is Cc1nsnc1C(=O)NCc1cnc2c(c1)CNCC2. The van der Waals surface area contributed by atoms with E-state index in [1.165, 1.54) is 5.56 Å². The Bertz CT molecular complexity index is 639. The summed E-state index contributed by atoms with van der Waals surface area (Å²) in [6.45, 7) is 4.06. The van der Waals surface area contributed by atoms with Crippen LogP contribution in [-0.2, 0) is 19.5 Å². The fraction of sp³-hybridized carbons (Fsp3) is 0.385. The van der Waals surface area contributed by atoms with E-state index in [9.17, 15) is 4.79 Å². The van der Waals surface area contributed by atoms with Crippen LogP contribution in [0.5, 0.6) is 0 Å². The summed E-state index contributed by atoms with van der Waals surface area (Å²) in [6.07, 6.45) is 2.79. The molecule has 0 unspecified atom stereocenters. The van der Waals surface area contributed by atoms with Crippen molar-refractivity contribution in [3.05, 3.63) is 40.5 Å². The van der Waals surface area contributed by atoms with Gasteiger partial charge in [0.05, 0.1) is 17.4 Å².